The van der Waals surface area contributed by atoms with Crippen LogP contribution in [0.5, 0.6) is 5.75 Å². The first-order chi connectivity index (χ1) is 9.64. The highest BCUT2D eigenvalue weighted by Crippen LogP contribution is 2.36. The number of alkyl halides is 3. The van der Waals surface area contributed by atoms with Gasteiger partial charge in [0.05, 0.1) is 25.0 Å². The Balaban J connectivity index is 2.36. The van der Waals surface area contributed by atoms with Gasteiger partial charge in [-0.25, -0.2) is 8.42 Å². The summed E-state index contributed by atoms with van der Waals surface area (Å²) in [4.78, 5) is 0. The van der Waals surface area contributed by atoms with E-state index in [9.17, 15) is 21.6 Å². The SMILES string of the molecule is CS(=O)(=O)Nc1ccc(OC(F)(F)F)c(C2OCCO2)c1. The Kier molecular flexibility index (Phi) is 4.30. The molecule has 0 spiro atoms. The van der Waals surface area contributed by atoms with Gasteiger partial charge in [0.2, 0.25) is 10.0 Å². The summed E-state index contributed by atoms with van der Waals surface area (Å²) in [6, 6.07) is 3.33. The van der Waals surface area contributed by atoms with E-state index in [4.69, 9.17) is 9.47 Å². The zero-order chi connectivity index (χ0) is 15.7. The lowest BCUT2D eigenvalue weighted by Gasteiger charge is -2.18. The molecule has 0 atom stereocenters. The van der Waals surface area contributed by atoms with Crippen LogP contribution in [0.2, 0.25) is 0 Å². The van der Waals surface area contributed by atoms with Crippen molar-refractivity contribution in [2.75, 3.05) is 24.2 Å². The summed E-state index contributed by atoms with van der Waals surface area (Å²) in [6.45, 7) is 0.444. The molecule has 0 aliphatic carbocycles. The summed E-state index contributed by atoms with van der Waals surface area (Å²) in [5, 5.41) is 0. The number of nitrogens with one attached hydrogen (secondary N) is 1. The molecule has 0 amide bonds. The second kappa shape index (κ2) is 5.70. The van der Waals surface area contributed by atoms with E-state index in [1.807, 2.05) is 0 Å². The highest BCUT2D eigenvalue weighted by molar-refractivity contribution is 7.92. The Morgan fingerprint density at radius 1 is 1.29 bits per heavy atom. The zero-order valence-corrected chi connectivity index (χ0v) is 11.6. The molecule has 6 nitrogen and oxygen atoms in total. The standard InChI is InChI=1S/C11H12F3NO5S/c1-21(16,17)15-7-2-3-9(20-11(12,13)14)8(6-7)10-18-4-5-19-10/h2-3,6,10,15H,4-5H2,1H3. The molecule has 1 aliphatic heterocycles. The van der Waals surface area contributed by atoms with Crippen LogP contribution >= 0.6 is 0 Å². The molecular formula is C11H12F3NO5S. The van der Waals surface area contributed by atoms with E-state index in [2.05, 4.69) is 9.46 Å². The van der Waals surface area contributed by atoms with Gasteiger partial charge in [-0.2, -0.15) is 0 Å². The van der Waals surface area contributed by atoms with Gasteiger partial charge in [0.1, 0.15) is 5.75 Å². The highest BCUT2D eigenvalue weighted by Gasteiger charge is 2.34. The van der Waals surface area contributed by atoms with Crippen LogP contribution in [-0.2, 0) is 19.5 Å². The van der Waals surface area contributed by atoms with E-state index >= 15 is 0 Å². The fourth-order valence-electron chi connectivity index (χ4n) is 1.77. The smallest absolute Gasteiger partial charge is 0.405 e. The number of halogens is 3. The average Bonchev–Trinajstić information content (AvgIpc) is 2.80. The molecule has 0 aromatic heterocycles. The first-order valence-corrected chi connectivity index (χ1v) is 7.64. The average molecular weight is 327 g/mol. The third kappa shape index (κ3) is 4.76. The van der Waals surface area contributed by atoms with Crippen molar-refractivity contribution in [1.82, 2.24) is 0 Å². The van der Waals surface area contributed by atoms with Crippen molar-refractivity contribution < 1.29 is 35.8 Å². The molecule has 1 aliphatic rings. The van der Waals surface area contributed by atoms with Crippen LogP contribution in [-0.4, -0.2) is 34.2 Å². The van der Waals surface area contributed by atoms with Gasteiger partial charge in [0.25, 0.3) is 0 Å². The molecule has 1 aromatic rings. The predicted octanol–water partition coefficient (Wildman–Crippen LogP) is 2.00. The van der Waals surface area contributed by atoms with Gasteiger partial charge in [0, 0.05) is 5.69 Å². The van der Waals surface area contributed by atoms with Crippen LogP contribution in [0.3, 0.4) is 0 Å². The first kappa shape index (κ1) is 15.9. The molecule has 0 radical (unpaired) electrons. The number of ether oxygens (including phenoxy) is 3. The molecule has 10 heteroatoms. The van der Waals surface area contributed by atoms with Gasteiger partial charge >= 0.3 is 6.36 Å². The third-order valence-electron chi connectivity index (χ3n) is 2.41. The van der Waals surface area contributed by atoms with Crippen molar-refractivity contribution in [3.8, 4) is 5.75 Å². The fraction of sp³-hybridized carbons (Fsp3) is 0.455. The van der Waals surface area contributed by atoms with Gasteiger partial charge in [-0.3, -0.25) is 4.72 Å². The molecular weight excluding hydrogens is 315 g/mol. The molecule has 1 N–H and O–H groups in total. The van der Waals surface area contributed by atoms with E-state index in [1.165, 1.54) is 6.07 Å². The van der Waals surface area contributed by atoms with Crippen molar-refractivity contribution in [1.29, 1.82) is 0 Å². The van der Waals surface area contributed by atoms with Gasteiger partial charge in [-0.1, -0.05) is 0 Å². The molecule has 0 saturated carbocycles. The predicted molar refractivity (Wildman–Crippen MR) is 66.2 cm³/mol. The lowest BCUT2D eigenvalue weighted by molar-refractivity contribution is -0.275. The first-order valence-electron chi connectivity index (χ1n) is 5.75. The summed E-state index contributed by atoms with van der Waals surface area (Å²) in [7, 11) is -3.56. The van der Waals surface area contributed by atoms with Crippen molar-refractivity contribution >= 4 is 15.7 Å². The minimum absolute atomic E-state index is 0.0431. The summed E-state index contributed by atoms with van der Waals surface area (Å²) in [6.07, 6.45) is -4.99. The Morgan fingerprint density at radius 2 is 1.90 bits per heavy atom. The molecule has 1 heterocycles. The van der Waals surface area contributed by atoms with Crippen LogP contribution in [0.25, 0.3) is 0 Å². The number of anilines is 1. The Bertz CT molecular complexity index is 611. The Hall–Kier alpha value is -1.52. The number of hydrogen-bond donors (Lipinski definition) is 1. The second-order valence-corrected chi connectivity index (χ2v) is 6.00. The largest absolute Gasteiger partial charge is 0.573 e. The van der Waals surface area contributed by atoms with E-state index in [0.717, 1.165) is 18.4 Å². The fourth-order valence-corrected chi connectivity index (χ4v) is 2.32. The molecule has 0 bridgehead atoms. The summed E-state index contributed by atoms with van der Waals surface area (Å²) >= 11 is 0. The van der Waals surface area contributed by atoms with Crippen LogP contribution < -0.4 is 9.46 Å². The maximum Gasteiger partial charge on any atom is 0.573 e. The van der Waals surface area contributed by atoms with E-state index < -0.39 is 28.4 Å². The summed E-state index contributed by atoms with van der Waals surface area (Å²) in [5.41, 5.74) is 0.0413. The maximum atomic E-state index is 12.4. The monoisotopic (exact) mass is 327 g/mol. The Morgan fingerprint density at radius 3 is 2.43 bits per heavy atom. The lowest BCUT2D eigenvalue weighted by atomic mass is 10.1. The van der Waals surface area contributed by atoms with E-state index in [0.29, 0.717) is 0 Å². The zero-order valence-electron chi connectivity index (χ0n) is 10.8. The summed E-state index contributed by atoms with van der Waals surface area (Å²) in [5.74, 6) is -0.506. The molecule has 21 heavy (non-hydrogen) atoms. The molecule has 1 aromatic carbocycles. The molecule has 118 valence electrons. The minimum Gasteiger partial charge on any atom is -0.405 e. The van der Waals surface area contributed by atoms with Crippen molar-refractivity contribution in [2.24, 2.45) is 0 Å². The van der Waals surface area contributed by atoms with Crippen LogP contribution in [0.15, 0.2) is 18.2 Å². The van der Waals surface area contributed by atoms with Gasteiger partial charge in [0.15, 0.2) is 6.29 Å². The van der Waals surface area contributed by atoms with Crippen LogP contribution in [0.4, 0.5) is 18.9 Å². The van der Waals surface area contributed by atoms with Crippen LogP contribution in [0.1, 0.15) is 11.9 Å². The maximum absolute atomic E-state index is 12.4. The number of hydrogen-bond acceptors (Lipinski definition) is 5. The molecule has 2 rings (SSSR count). The van der Waals surface area contributed by atoms with Crippen molar-refractivity contribution in [3.05, 3.63) is 23.8 Å². The quantitative estimate of drug-likeness (QED) is 0.916. The number of sulfonamides is 1. The van der Waals surface area contributed by atoms with Crippen molar-refractivity contribution in [2.45, 2.75) is 12.7 Å². The minimum atomic E-state index is -4.88. The van der Waals surface area contributed by atoms with Crippen molar-refractivity contribution in [3.63, 3.8) is 0 Å². The third-order valence-corrected chi connectivity index (χ3v) is 3.02. The lowest BCUT2D eigenvalue weighted by Crippen LogP contribution is -2.19. The normalized spacial score (nSPS) is 17.0. The van der Waals surface area contributed by atoms with Gasteiger partial charge < -0.3 is 14.2 Å². The number of benzene rings is 1. The molecule has 1 fully saturated rings. The highest BCUT2D eigenvalue weighted by atomic mass is 32.2. The van der Waals surface area contributed by atoms with Gasteiger partial charge in [-0.15, -0.1) is 13.2 Å². The van der Waals surface area contributed by atoms with Gasteiger partial charge in [-0.05, 0) is 18.2 Å². The van der Waals surface area contributed by atoms with Crippen LogP contribution in [0, 0.1) is 0 Å². The molecule has 1 saturated heterocycles. The molecule has 0 unspecified atom stereocenters. The van der Waals surface area contributed by atoms with E-state index in [-0.39, 0.29) is 24.5 Å². The van der Waals surface area contributed by atoms with E-state index in [1.54, 1.807) is 0 Å². The number of rotatable bonds is 4. The second-order valence-electron chi connectivity index (χ2n) is 4.25. The Labute approximate surface area is 118 Å². The summed E-state index contributed by atoms with van der Waals surface area (Å²) < 4.78 is 75.7. The topological polar surface area (TPSA) is 73.9 Å².